The van der Waals surface area contributed by atoms with Crippen molar-refractivity contribution in [2.75, 3.05) is 11.6 Å². The fourth-order valence-electron chi connectivity index (χ4n) is 2.55. The number of nitrogens with one attached hydrogen (secondary N) is 2. The Morgan fingerprint density at radius 3 is 2.60 bits per heavy atom. The molecule has 1 aromatic carbocycles. The van der Waals surface area contributed by atoms with Crippen molar-refractivity contribution in [3.63, 3.8) is 0 Å². The molecule has 0 amide bonds. The van der Waals surface area contributed by atoms with Gasteiger partial charge in [-0.25, -0.2) is 18.4 Å². The molecule has 0 atom stereocenters. The van der Waals surface area contributed by atoms with Gasteiger partial charge in [-0.15, -0.1) is 0 Å². The lowest BCUT2D eigenvalue weighted by Gasteiger charge is -2.05. The third-order valence-corrected chi connectivity index (χ3v) is 5.20. The molecule has 2 N–H and O–H groups in total. The zero-order chi connectivity index (χ0) is 17.4. The Bertz CT molecular complexity index is 1020. The number of hydrogen-bond acceptors (Lipinski definition) is 6. The van der Waals surface area contributed by atoms with Crippen LogP contribution in [-0.4, -0.2) is 34.8 Å². The molecule has 1 saturated carbocycles. The number of sulfone groups is 1. The van der Waals surface area contributed by atoms with Gasteiger partial charge in [0.1, 0.15) is 5.82 Å². The summed E-state index contributed by atoms with van der Waals surface area (Å²) in [7, 11) is -3.22. The van der Waals surface area contributed by atoms with Crippen LogP contribution in [0.2, 0.25) is 0 Å². The van der Waals surface area contributed by atoms with Gasteiger partial charge in [0.25, 0.3) is 0 Å². The summed E-state index contributed by atoms with van der Waals surface area (Å²) in [6.45, 7) is 0. The van der Waals surface area contributed by atoms with Gasteiger partial charge in [0.05, 0.1) is 4.90 Å². The number of benzene rings is 1. The Kier molecular flexibility index (Phi) is 3.76. The third-order valence-electron chi connectivity index (χ3n) is 4.07. The van der Waals surface area contributed by atoms with E-state index in [2.05, 4.69) is 25.5 Å². The Morgan fingerprint density at radius 2 is 1.92 bits per heavy atom. The van der Waals surface area contributed by atoms with Crippen LogP contribution in [0.1, 0.15) is 27.3 Å². The molecule has 132 valence electrons. The fourth-order valence-corrected chi connectivity index (χ4v) is 3.18. The van der Waals surface area contributed by atoms with Gasteiger partial charge in [-0.1, -0.05) is 0 Å². The molecular formula is C17H21N5O2S. The minimum atomic E-state index is -3.22. The van der Waals surface area contributed by atoms with Crippen LogP contribution in [0.25, 0.3) is 11.4 Å². The molecular weight excluding hydrogens is 338 g/mol. The smallest absolute Gasteiger partial charge is 0.175 e. The van der Waals surface area contributed by atoms with Crippen molar-refractivity contribution in [2.45, 2.75) is 23.7 Å². The maximum absolute atomic E-state index is 11.5. The number of anilines is 2. The van der Waals surface area contributed by atoms with E-state index in [0.717, 1.165) is 17.1 Å². The molecule has 0 aliphatic heterocycles. The van der Waals surface area contributed by atoms with Gasteiger partial charge in [0, 0.05) is 38.5 Å². The van der Waals surface area contributed by atoms with Crippen molar-refractivity contribution in [1.82, 2.24) is 20.2 Å². The Morgan fingerprint density at radius 1 is 1.16 bits per heavy atom. The molecule has 0 spiro atoms. The van der Waals surface area contributed by atoms with Crippen LogP contribution in [0.4, 0.5) is 11.6 Å². The standard InChI is InChI=1S/C17H17N5O2S.2H2/c1-25(23,24)13-6-4-12(5-7-13)17-18-9-8-15(20-17)19-16-10-14(21-22-16)11-2-3-11;;/h4-11H,2-3H2,1H3,(H2,18,19,20,21,22);2*1H. The maximum atomic E-state index is 11.5. The summed E-state index contributed by atoms with van der Waals surface area (Å²) in [5.41, 5.74) is 1.89. The van der Waals surface area contributed by atoms with Crippen LogP contribution >= 0.6 is 0 Å². The number of H-pyrrole nitrogens is 1. The molecule has 2 heterocycles. The number of nitrogens with zero attached hydrogens (tertiary/aromatic N) is 3. The Hall–Kier alpha value is -2.74. The van der Waals surface area contributed by atoms with E-state index >= 15 is 0 Å². The summed E-state index contributed by atoms with van der Waals surface area (Å²) in [6, 6.07) is 10.3. The second kappa shape index (κ2) is 5.96. The van der Waals surface area contributed by atoms with Crippen LogP contribution in [0, 0.1) is 0 Å². The first kappa shape index (κ1) is 15.8. The van der Waals surface area contributed by atoms with Crippen molar-refractivity contribution in [3.05, 3.63) is 48.3 Å². The van der Waals surface area contributed by atoms with Gasteiger partial charge in [0.15, 0.2) is 21.5 Å². The van der Waals surface area contributed by atoms with Gasteiger partial charge >= 0.3 is 0 Å². The lowest BCUT2D eigenvalue weighted by atomic mass is 10.2. The van der Waals surface area contributed by atoms with Gasteiger partial charge in [-0.2, -0.15) is 5.10 Å². The molecule has 1 aliphatic rings. The summed E-state index contributed by atoms with van der Waals surface area (Å²) in [6.07, 6.45) is 5.26. The van der Waals surface area contributed by atoms with Gasteiger partial charge in [-0.3, -0.25) is 5.10 Å². The van der Waals surface area contributed by atoms with E-state index in [0.29, 0.717) is 17.6 Å². The van der Waals surface area contributed by atoms with Crippen molar-refractivity contribution in [3.8, 4) is 11.4 Å². The molecule has 2 aromatic heterocycles. The molecule has 0 bridgehead atoms. The lowest BCUT2D eigenvalue weighted by Crippen LogP contribution is -1.98. The lowest BCUT2D eigenvalue weighted by molar-refractivity contribution is 0.602. The second-order valence-electron chi connectivity index (χ2n) is 6.17. The summed E-state index contributed by atoms with van der Waals surface area (Å²) < 4.78 is 23.1. The van der Waals surface area contributed by atoms with E-state index < -0.39 is 9.84 Å². The van der Waals surface area contributed by atoms with Gasteiger partial charge in [-0.05, 0) is 43.2 Å². The van der Waals surface area contributed by atoms with Crippen molar-refractivity contribution in [2.24, 2.45) is 0 Å². The van der Waals surface area contributed by atoms with E-state index in [1.54, 1.807) is 36.5 Å². The first-order valence-corrected chi connectivity index (χ1v) is 9.84. The van der Waals surface area contributed by atoms with Crippen molar-refractivity contribution in [1.29, 1.82) is 0 Å². The van der Waals surface area contributed by atoms with Crippen LogP contribution in [0.3, 0.4) is 0 Å². The van der Waals surface area contributed by atoms with E-state index in [1.165, 1.54) is 19.1 Å². The predicted octanol–water partition coefficient (Wildman–Crippen LogP) is 3.38. The normalized spacial score (nSPS) is 14.4. The molecule has 0 saturated heterocycles. The van der Waals surface area contributed by atoms with E-state index in [1.807, 2.05) is 6.07 Å². The Balaban J connectivity index is 0.00000131. The van der Waals surface area contributed by atoms with Crippen LogP contribution < -0.4 is 5.32 Å². The summed E-state index contributed by atoms with van der Waals surface area (Å²) in [4.78, 5) is 9.00. The van der Waals surface area contributed by atoms with E-state index in [4.69, 9.17) is 0 Å². The van der Waals surface area contributed by atoms with E-state index in [-0.39, 0.29) is 7.75 Å². The first-order chi connectivity index (χ1) is 12.0. The zero-order valence-corrected chi connectivity index (χ0v) is 14.4. The highest BCUT2D eigenvalue weighted by Gasteiger charge is 2.25. The van der Waals surface area contributed by atoms with E-state index in [9.17, 15) is 8.42 Å². The van der Waals surface area contributed by atoms with Gasteiger partial charge < -0.3 is 5.32 Å². The number of rotatable bonds is 5. The van der Waals surface area contributed by atoms with Crippen molar-refractivity contribution >= 4 is 21.5 Å². The molecule has 3 aromatic rings. The summed E-state index contributed by atoms with van der Waals surface area (Å²) in [5, 5.41) is 10.5. The maximum Gasteiger partial charge on any atom is 0.175 e. The largest absolute Gasteiger partial charge is 0.323 e. The van der Waals surface area contributed by atoms with Crippen LogP contribution in [-0.2, 0) is 9.84 Å². The SMILES string of the molecule is CS(=O)(=O)c1ccc(-c2nccc(Nc3cc(C4CC4)[nH]n3)n2)cc1.[HH].[HH]. The van der Waals surface area contributed by atoms with Gasteiger partial charge in [0.2, 0.25) is 0 Å². The molecule has 1 fully saturated rings. The molecule has 25 heavy (non-hydrogen) atoms. The topological polar surface area (TPSA) is 101 Å². The number of hydrogen-bond donors (Lipinski definition) is 2. The monoisotopic (exact) mass is 359 g/mol. The molecule has 0 unspecified atom stereocenters. The number of aromatic nitrogens is 4. The minimum Gasteiger partial charge on any atom is -0.323 e. The quantitative estimate of drug-likeness (QED) is 0.724. The van der Waals surface area contributed by atoms with Crippen LogP contribution in [0.15, 0.2) is 47.5 Å². The summed E-state index contributed by atoms with van der Waals surface area (Å²) >= 11 is 0. The predicted molar refractivity (Wildman–Crippen MR) is 98.7 cm³/mol. The number of aromatic amines is 1. The first-order valence-electron chi connectivity index (χ1n) is 7.95. The Labute approximate surface area is 148 Å². The van der Waals surface area contributed by atoms with Crippen LogP contribution in [0.5, 0.6) is 0 Å². The molecule has 8 heteroatoms. The second-order valence-corrected chi connectivity index (χ2v) is 8.19. The molecule has 7 nitrogen and oxygen atoms in total. The fraction of sp³-hybridized carbons (Fsp3) is 0.235. The molecule has 1 aliphatic carbocycles. The average Bonchev–Trinajstić information content (AvgIpc) is 3.35. The highest BCUT2D eigenvalue weighted by Crippen LogP contribution is 2.39. The third kappa shape index (κ3) is 3.53. The molecule has 4 rings (SSSR count). The molecule has 0 radical (unpaired) electrons. The average molecular weight is 359 g/mol. The highest BCUT2D eigenvalue weighted by molar-refractivity contribution is 7.90. The minimum absolute atomic E-state index is 0. The summed E-state index contributed by atoms with van der Waals surface area (Å²) in [5.74, 6) is 2.48. The highest BCUT2D eigenvalue weighted by atomic mass is 32.2. The van der Waals surface area contributed by atoms with Crippen molar-refractivity contribution < 1.29 is 11.3 Å². The zero-order valence-electron chi connectivity index (χ0n) is 13.6.